The molecule has 1 saturated heterocycles. The van der Waals surface area contributed by atoms with Gasteiger partial charge in [-0.2, -0.15) is 21.6 Å². The maximum absolute atomic E-state index is 13.3. The minimum absolute atomic E-state index is 0.0000902. The van der Waals surface area contributed by atoms with Gasteiger partial charge in [0.15, 0.2) is 11.5 Å². The van der Waals surface area contributed by atoms with Crippen LogP contribution in [0, 0.1) is 5.92 Å². The quantitative estimate of drug-likeness (QED) is 0.481. The van der Waals surface area contributed by atoms with Crippen molar-refractivity contribution in [2.75, 3.05) is 6.61 Å². The number of rotatable bonds is 3. The van der Waals surface area contributed by atoms with Gasteiger partial charge < -0.3 is 18.6 Å². The molecule has 6 rings (SSSR count). The summed E-state index contributed by atoms with van der Waals surface area (Å²) in [5.41, 5.74) is -4.24. The fourth-order valence-electron chi connectivity index (χ4n) is 6.10. The number of para-hydroxylation sites is 2. The van der Waals surface area contributed by atoms with Crippen molar-refractivity contribution in [3.8, 4) is 17.2 Å². The van der Waals surface area contributed by atoms with Crippen LogP contribution in [0.4, 0.5) is 13.2 Å². The molecule has 34 heavy (non-hydrogen) atoms. The molecule has 1 amide bonds. The number of benzene rings is 2. The third-order valence-corrected chi connectivity index (χ3v) is 8.54. The zero-order chi connectivity index (χ0) is 24.0. The second kappa shape index (κ2) is 6.80. The minimum Gasteiger partial charge on any atom is -0.485 e. The molecule has 1 saturated carbocycles. The SMILES string of the molecule is C[C@@]12CC3[C@H]1[C@@H](Cc1ccc(OS(=O)(=O)C(F)(F)F)cc12)N3C(=O)[C@@H]1COc2ccccc2O1. The van der Waals surface area contributed by atoms with E-state index in [0.717, 1.165) is 11.1 Å². The van der Waals surface area contributed by atoms with Crippen molar-refractivity contribution in [3.63, 3.8) is 0 Å². The molecule has 0 bridgehead atoms. The second-order valence-corrected chi connectivity index (χ2v) is 10.9. The van der Waals surface area contributed by atoms with Gasteiger partial charge in [-0.05, 0) is 48.2 Å². The summed E-state index contributed by atoms with van der Waals surface area (Å²) in [4.78, 5) is 15.2. The van der Waals surface area contributed by atoms with Crippen LogP contribution in [0.5, 0.6) is 17.2 Å². The molecule has 180 valence electrons. The van der Waals surface area contributed by atoms with Crippen molar-refractivity contribution >= 4 is 16.0 Å². The van der Waals surface area contributed by atoms with Crippen molar-refractivity contribution in [1.29, 1.82) is 0 Å². The largest absolute Gasteiger partial charge is 0.534 e. The lowest BCUT2D eigenvalue weighted by atomic mass is 9.43. The zero-order valence-corrected chi connectivity index (χ0v) is 18.7. The number of carbonyl (C=O) groups is 1. The number of amides is 1. The molecule has 2 aromatic rings. The van der Waals surface area contributed by atoms with E-state index in [9.17, 15) is 26.4 Å². The van der Waals surface area contributed by atoms with E-state index in [0.29, 0.717) is 24.3 Å². The molecule has 0 aromatic heterocycles. The summed E-state index contributed by atoms with van der Waals surface area (Å²) in [5.74, 6) is 0.759. The lowest BCUT2D eigenvalue weighted by Crippen LogP contribution is -2.81. The third kappa shape index (κ3) is 2.88. The molecule has 4 aliphatic rings. The third-order valence-electron chi connectivity index (χ3n) is 7.57. The van der Waals surface area contributed by atoms with Crippen molar-refractivity contribution in [3.05, 3.63) is 53.6 Å². The molecule has 0 N–H and O–H groups in total. The molecule has 1 unspecified atom stereocenters. The number of ether oxygens (including phenoxy) is 2. The van der Waals surface area contributed by atoms with Crippen LogP contribution in [-0.4, -0.2) is 49.5 Å². The Morgan fingerprint density at radius 1 is 1.15 bits per heavy atom. The van der Waals surface area contributed by atoms with Crippen LogP contribution < -0.4 is 13.7 Å². The molecule has 0 radical (unpaired) electrons. The summed E-state index contributed by atoms with van der Waals surface area (Å²) in [6.07, 6.45) is 0.397. The van der Waals surface area contributed by atoms with E-state index in [2.05, 4.69) is 4.18 Å². The van der Waals surface area contributed by atoms with Crippen LogP contribution in [0.15, 0.2) is 42.5 Å². The first-order chi connectivity index (χ1) is 16.0. The molecule has 11 heteroatoms. The van der Waals surface area contributed by atoms with Gasteiger partial charge in [-0.15, -0.1) is 0 Å². The predicted molar refractivity (Wildman–Crippen MR) is 112 cm³/mol. The summed E-state index contributed by atoms with van der Waals surface area (Å²) in [6, 6.07) is 11.3. The summed E-state index contributed by atoms with van der Waals surface area (Å²) in [7, 11) is -5.74. The fraction of sp³-hybridized carbons (Fsp3) is 0.435. The van der Waals surface area contributed by atoms with Crippen molar-refractivity contribution < 1.29 is 40.0 Å². The molecule has 2 aliphatic heterocycles. The Hall–Kier alpha value is -2.95. The van der Waals surface area contributed by atoms with Crippen molar-refractivity contribution in [2.24, 2.45) is 5.92 Å². The van der Waals surface area contributed by atoms with Gasteiger partial charge in [0, 0.05) is 23.4 Å². The van der Waals surface area contributed by atoms with Crippen LogP contribution in [0.3, 0.4) is 0 Å². The molecule has 2 fully saturated rings. The Bertz CT molecular complexity index is 1310. The number of carbonyl (C=O) groups excluding carboxylic acids is 1. The van der Waals surface area contributed by atoms with Gasteiger partial charge in [0.2, 0.25) is 6.10 Å². The van der Waals surface area contributed by atoms with E-state index < -0.39 is 21.7 Å². The smallest absolute Gasteiger partial charge is 0.485 e. The van der Waals surface area contributed by atoms with Gasteiger partial charge in [-0.25, -0.2) is 0 Å². The van der Waals surface area contributed by atoms with Gasteiger partial charge in [0.05, 0.1) is 0 Å². The van der Waals surface area contributed by atoms with Crippen molar-refractivity contribution in [1.82, 2.24) is 4.90 Å². The van der Waals surface area contributed by atoms with Gasteiger partial charge in [0.25, 0.3) is 5.91 Å². The zero-order valence-electron chi connectivity index (χ0n) is 17.9. The Morgan fingerprint density at radius 2 is 1.88 bits per heavy atom. The second-order valence-electron chi connectivity index (χ2n) is 9.40. The van der Waals surface area contributed by atoms with Gasteiger partial charge in [0.1, 0.15) is 12.4 Å². The Balaban J connectivity index is 1.23. The van der Waals surface area contributed by atoms with Crippen LogP contribution in [0.2, 0.25) is 0 Å². The number of nitrogens with zero attached hydrogens (tertiary/aromatic N) is 1. The standard InChI is InChI=1S/C23H20F3NO6S/c1-22-10-16-20(22)15(27(16)21(28)19-11-31-17-4-2-3-5-18(17)32-19)8-12-6-7-13(9-14(12)22)33-34(29,30)23(24,25)26/h2-7,9,15-16,19-20H,8,10-11H2,1H3/t15-,16?,19+,20-,22+/m1/s1. The Kier molecular flexibility index (Phi) is 4.32. The van der Waals surface area contributed by atoms with Gasteiger partial charge >= 0.3 is 15.6 Å². The van der Waals surface area contributed by atoms with E-state index in [1.165, 1.54) is 12.1 Å². The number of fused-ring (bicyclic) bond motifs is 3. The van der Waals surface area contributed by atoms with Crippen molar-refractivity contribution in [2.45, 2.75) is 48.9 Å². The first-order valence-corrected chi connectivity index (χ1v) is 12.3. The minimum atomic E-state index is -5.74. The van der Waals surface area contributed by atoms with E-state index in [1.54, 1.807) is 18.2 Å². The summed E-state index contributed by atoms with van der Waals surface area (Å²) in [5, 5.41) is 0. The van der Waals surface area contributed by atoms with Crippen LogP contribution in [0.25, 0.3) is 0 Å². The maximum Gasteiger partial charge on any atom is 0.534 e. The van der Waals surface area contributed by atoms with E-state index >= 15 is 0 Å². The highest BCUT2D eigenvalue weighted by atomic mass is 32.2. The lowest BCUT2D eigenvalue weighted by molar-refractivity contribution is -0.201. The molecule has 2 aliphatic carbocycles. The fourth-order valence-corrected chi connectivity index (χ4v) is 6.55. The highest BCUT2D eigenvalue weighted by Gasteiger charge is 2.69. The first kappa shape index (κ1) is 21.6. The van der Waals surface area contributed by atoms with Crippen LogP contribution in [-0.2, 0) is 26.7 Å². The number of alkyl halides is 3. The van der Waals surface area contributed by atoms with E-state index in [-0.39, 0.29) is 41.7 Å². The summed E-state index contributed by atoms with van der Waals surface area (Å²) in [6.45, 7) is 2.12. The first-order valence-electron chi connectivity index (χ1n) is 10.8. The summed E-state index contributed by atoms with van der Waals surface area (Å²) >= 11 is 0. The lowest BCUT2D eigenvalue weighted by Gasteiger charge is -2.73. The number of likely N-dealkylation sites (tertiary alicyclic amines) is 1. The average Bonchev–Trinajstić information content (AvgIpc) is 2.76. The average molecular weight is 495 g/mol. The molecule has 2 heterocycles. The molecular formula is C23H20F3NO6S. The van der Waals surface area contributed by atoms with Crippen LogP contribution >= 0.6 is 0 Å². The maximum atomic E-state index is 13.3. The number of hydrogen-bond acceptors (Lipinski definition) is 6. The Morgan fingerprint density at radius 3 is 2.62 bits per heavy atom. The van der Waals surface area contributed by atoms with Crippen LogP contribution in [0.1, 0.15) is 24.5 Å². The van der Waals surface area contributed by atoms with Gasteiger partial charge in [-0.1, -0.05) is 25.1 Å². The Labute approximate surface area is 193 Å². The monoisotopic (exact) mass is 495 g/mol. The molecule has 5 atom stereocenters. The molecule has 7 nitrogen and oxygen atoms in total. The number of halogens is 3. The predicted octanol–water partition coefficient (Wildman–Crippen LogP) is 3.17. The highest BCUT2D eigenvalue weighted by molar-refractivity contribution is 7.88. The normalized spacial score (nSPS) is 30.9. The molecule has 2 aromatic carbocycles. The summed E-state index contributed by atoms with van der Waals surface area (Å²) < 4.78 is 77.0. The van der Waals surface area contributed by atoms with Gasteiger partial charge in [-0.3, -0.25) is 4.79 Å². The molecule has 0 spiro atoms. The van der Waals surface area contributed by atoms with E-state index in [1.807, 2.05) is 24.0 Å². The highest BCUT2D eigenvalue weighted by Crippen LogP contribution is 2.64. The van der Waals surface area contributed by atoms with E-state index in [4.69, 9.17) is 9.47 Å². The topological polar surface area (TPSA) is 82.1 Å². The molecular weight excluding hydrogens is 475 g/mol. The number of hydrogen-bond donors (Lipinski definition) is 0. The number of piperidine rings is 1.